The summed E-state index contributed by atoms with van der Waals surface area (Å²) in [6.07, 6.45) is -2.53. The maximum Gasteiger partial charge on any atom is 0.341 e. The Labute approximate surface area is 174 Å². The molecule has 2 aromatic carbocycles. The number of carboxylic acids is 1. The van der Waals surface area contributed by atoms with Crippen LogP contribution in [0.25, 0.3) is 0 Å². The molecule has 7 nitrogen and oxygen atoms in total. The molecule has 1 amide bonds. The van der Waals surface area contributed by atoms with Crippen molar-refractivity contribution in [3.8, 4) is 5.75 Å². The lowest BCUT2D eigenvalue weighted by atomic mass is 10.1. The van der Waals surface area contributed by atoms with Crippen molar-refractivity contribution in [2.24, 2.45) is 5.10 Å². The Morgan fingerprint density at radius 1 is 1.13 bits per heavy atom. The van der Waals surface area contributed by atoms with Crippen LogP contribution in [-0.2, 0) is 16.1 Å². The Bertz CT molecular complexity index is 920. The molecule has 11 heteroatoms. The van der Waals surface area contributed by atoms with Crippen LogP contribution in [-0.4, -0.2) is 48.8 Å². The maximum atomic E-state index is 12.8. The molecule has 2 aromatic rings. The third kappa shape index (κ3) is 7.70. The first-order valence-corrected chi connectivity index (χ1v) is 8.78. The van der Waals surface area contributed by atoms with Crippen LogP contribution in [0.15, 0.2) is 53.6 Å². The molecule has 0 radical (unpaired) electrons. The van der Waals surface area contributed by atoms with Crippen molar-refractivity contribution in [3.05, 3.63) is 65.2 Å². The van der Waals surface area contributed by atoms with Crippen molar-refractivity contribution in [3.63, 3.8) is 0 Å². The van der Waals surface area contributed by atoms with Gasteiger partial charge >= 0.3 is 18.3 Å². The van der Waals surface area contributed by atoms with Crippen molar-refractivity contribution < 1.29 is 41.7 Å². The number of ether oxygens (including phenoxy) is 2. The van der Waals surface area contributed by atoms with Gasteiger partial charge in [-0.1, -0.05) is 24.3 Å². The number of amides is 1. The molecule has 0 aliphatic heterocycles. The molecule has 0 aliphatic rings. The van der Waals surface area contributed by atoms with E-state index in [1.54, 1.807) is 24.3 Å². The fourth-order valence-corrected chi connectivity index (χ4v) is 2.20. The maximum absolute atomic E-state index is 12.8. The second-order valence-electron chi connectivity index (χ2n) is 6.17. The summed E-state index contributed by atoms with van der Waals surface area (Å²) in [4.78, 5) is 22.7. The molecular weight excluding hydrogens is 424 g/mol. The Kier molecular flexibility index (Phi) is 8.50. The molecule has 0 saturated carbocycles. The fraction of sp³-hybridized carbons (Fsp3) is 0.250. The van der Waals surface area contributed by atoms with Gasteiger partial charge in [-0.25, -0.2) is 19.0 Å². The van der Waals surface area contributed by atoms with E-state index in [2.05, 4.69) is 15.3 Å². The van der Waals surface area contributed by atoms with Gasteiger partial charge in [0.25, 0.3) is 5.91 Å². The molecule has 31 heavy (non-hydrogen) atoms. The van der Waals surface area contributed by atoms with E-state index < -0.39 is 37.4 Å². The van der Waals surface area contributed by atoms with Gasteiger partial charge in [-0.05, 0) is 29.8 Å². The van der Waals surface area contributed by atoms with Crippen molar-refractivity contribution in [2.75, 3.05) is 13.2 Å². The number of aliphatic carboxylic acids is 1. The lowest BCUT2D eigenvalue weighted by molar-refractivity contribution is -0.168. The van der Waals surface area contributed by atoms with Gasteiger partial charge in [0.05, 0.1) is 12.8 Å². The number of benzene rings is 2. The number of hydrazone groups is 1. The van der Waals surface area contributed by atoms with E-state index in [9.17, 15) is 27.2 Å². The summed E-state index contributed by atoms with van der Waals surface area (Å²) in [6.45, 7) is -2.28. The number of carbonyl (C=O) groups is 2. The van der Waals surface area contributed by atoms with Gasteiger partial charge < -0.3 is 14.6 Å². The van der Waals surface area contributed by atoms with E-state index in [0.717, 1.165) is 0 Å². The molecule has 0 aliphatic carbocycles. The van der Waals surface area contributed by atoms with Crippen LogP contribution in [0.3, 0.4) is 0 Å². The summed E-state index contributed by atoms with van der Waals surface area (Å²) in [5.74, 6) is -5.67. The minimum atomic E-state index is -4.23. The number of alkyl halides is 4. The highest BCUT2D eigenvalue weighted by Gasteiger charge is 2.40. The molecule has 0 heterocycles. The van der Waals surface area contributed by atoms with Gasteiger partial charge in [-0.2, -0.15) is 13.9 Å². The second kappa shape index (κ2) is 11.1. The first-order valence-electron chi connectivity index (χ1n) is 8.78. The van der Waals surface area contributed by atoms with Gasteiger partial charge in [-0.15, -0.1) is 0 Å². The standard InChI is InChI=1S/C20H18F4N2O5/c21-19(22)20(23,24)12-30-10-13-5-7-14(8-6-13)18(29)26-25-9-15-3-1-2-4-16(15)31-11-17(27)28/h1-9,19H,10-12H2,(H,26,29)(H,27,28)/b25-9-. The summed E-state index contributed by atoms with van der Waals surface area (Å²) in [5.41, 5.74) is 3.34. The van der Waals surface area contributed by atoms with Crippen molar-refractivity contribution >= 4 is 18.1 Å². The fourth-order valence-electron chi connectivity index (χ4n) is 2.20. The minimum absolute atomic E-state index is 0.203. The number of rotatable bonds is 11. The minimum Gasteiger partial charge on any atom is -0.481 e. The molecule has 2 rings (SSSR count). The third-order valence-corrected chi connectivity index (χ3v) is 3.74. The highest BCUT2D eigenvalue weighted by atomic mass is 19.3. The van der Waals surface area contributed by atoms with Gasteiger partial charge in [-0.3, -0.25) is 4.79 Å². The summed E-state index contributed by atoms with van der Waals surface area (Å²) in [6, 6.07) is 12.1. The normalized spacial score (nSPS) is 11.6. The Hall–Kier alpha value is -3.47. The van der Waals surface area contributed by atoms with E-state index in [1.807, 2.05) is 0 Å². The van der Waals surface area contributed by atoms with E-state index in [0.29, 0.717) is 11.1 Å². The van der Waals surface area contributed by atoms with Gasteiger partial charge in [0, 0.05) is 11.1 Å². The molecule has 0 bridgehead atoms. The third-order valence-electron chi connectivity index (χ3n) is 3.74. The predicted octanol–water partition coefficient (Wildman–Crippen LogP) is 3.33. The van der Waals surface area contributed by atoms with Crippen LogP contribution >= 0.6 is 0 Å². The monoisotopic (exact) mass is 442 g/mol. The van der Waals surface area contributed by atoms with E-state index in [4.69, 9.17) is 9.84 Å². The zero-order valence-corrected chi connectivity index (χ0v) is 15.9. The zero-order chi connectivity index (χ0) is 22.9. The van der Waals surface area contributed by atoms with Gasteiger partial charge in [0.2, 0.25) is 0 Å². The molecule has 0 aromatic heterocycles. The molecule has 0 saturated heterocycles. The van der Waals surface area contributed by atoms with Crippen LogP contribution in [0.1, 0.15) is 21.5 Å². The van der Waals surface area contributed by atoms with E-state index in [1.165, 1.54) is 30.5 Å². The summed E-state index contributed by atoms with van der Waals surface area (Å²) in [5, 5.41) is 12.5. The number of nitrogens with zero attached hydrogens (tertiary/aromatic N) is 1. The lowest BCUT2D eigenvalue weighted by Gasteiger charge is -2.15. The van der Waals surface area contributed by atoms with Crippen molar-refractivity contribution in [2.45, 2.75) is 19.0 Å². The Morgan fingerprint density at radius 3 is 2.45 bits per heavy atom. The highest BCUT2D eigenvalue weighted by molar-refractivity contribution is 5.95. The van der Waals surface area contributed by atoms with Crippen LogP contribution in [0.5, 0.6) is 5.75 Å². The highest BCUT2D eigenvalue weighted by Crippen LogP contribution is 2.23. The van der Waals surface area contributed by atoms with Gasteiger partial charge in [0.1, 0.15) is 12.4 Å². The molecule has 2 N–H and O–H groups in total. The Balaban J connectivity index is 1.88. The number of halogens is 4. The SMILES string of the molecule is O=C(O)COc1ccccc1/C=N\NC(=O)c1ccc(COCC(F)(F)C(F)F)cc1. The summed E-state index contributed by atoms with van der Waals surface area (Å²) >= 11 is 0. The average molecular weight is 442 g/mol. The molecule has 0 spiro atoms. The van der Waals surface area contributed by atoms with E-state index in [-0.39, 0.29) is 17.9 Å². The molecule has 0 fully saturated rings. The molecule has 0 atom stereocenters. The second-order valence-corrected chi connectivity index (χ2v) is 6.17. The molecule has 166 valence electrons. The number of hydrogen-bond acceptors (Lipinski definition) is 5. The first kappa shape index (κ1) is 23.8. The number of nitrogens with one attached hydrogen (secondary N) is 1. The van der Waals surface area contributed by atoms with Crippen LogP contribution in [0.4, 0.5) is 17.6 Å². The van der Waals surface area contributed by atoms with Crippen LogP contribution in [0.2, 0.25) is 0 Å². The van der Waals surface area contributed by atoms with Crippen LogP contribution in [0, 0.1) is 0 Å². The summed E-state index contributed by atoms with van der Waals surface area (Å²) < 4.78 is 59.4. The predicted molar refractivity (Wildman–Crippen MR) is 102 cm³/mol. The number of carbonyl (C=O) groups excluding carboxylic acids is 1. The smallest absolute Gasteiger partial charge is 0.341 e. The topological polar surface area (TPSA) is 97.2 Å². The quantitative estimate of drug-likeness (QED) is 0.316. The molecular formula is C20H18F4N2O5. The number of hydrogen-bond donors (Lipinski definition) is 2. The average Bonchev–Trinajstić information content (AvgIpc) is 2.73. The molecule has 0 unspecified atom stereocenters. The number of carboxylic acid groups (broad SMARTS) is 1. The van der Waals surface area contributed by atoms with Crippen LogP contribution < -0.4 is 10.2 Å². The number of para-hydroxylation sites is 1. The van der Waals surface area contributed by atoms with E-state index >= 15 is 0 Å². The van der Waals surface area contributed by atoms with Crippen molar-refractivity contribution in [1.82, 2.24) is 5.43 Å². The lowest BCUT2D eigenvalue weighted by Crippen LogP contribution is -2.32. The van der Waals surface area contributed by atoms with Crippen molar-refractivity contribution in [1.29, 1.82) is 0 Å². The zero-order valence-electron chi connectivity index (χ0n) is 15.9. The van der Waals surface area contributed by atoms with Gasteiger partial charge in [0.15, 0.2) is 6.61 Å². The summed E-state index contributed by atoms with van der Waals surface area (Å²) in [7, 11) is 0. The Morgan fingerprint density at radius 2 is 1.81 bits per heavy atom. The first-order chi connectivity index (χ1) is 14.7. The largest absolute Gasteiger partial charge is 0.481 e.